The van der Waals surface area contributed by atoms with E-state index in [1.165, 1.54) is 0 Å². The summed E-state index contributed by atoms with van der Waals surface area (Å²) in [5.41, 5.74) is 0. The second kappa shape index (κ2) is 6.78. The molecule has 1 heterocycles. The molecule has 2 atom stereocenters. The van der Waals surface area contributed by atoms with Crippen LogP contribution in [0.15, 0.2) is 4.99 Å². The molecule has 0 aromatic carbocycles. The average molecular weight is 244 g/mol. The van der Waals surface area contributed by atoms with Crippen LogP contribution in [0, 0.1) is 0 Å². The largest absolute Gasteiger partial charge is 0.464 e. The molecule has 5 heteroatoms. The summed E-state index contributed by atoms with van der Waals surface area (Å²) >= 11 is 1.68. The van der Waals surface area contributed by atoms with E-state index in [0.29, 0.717) is 12.6 Å². The van der Waals surface area contributed by atoms with Crippen molar-refractivity contribution >= 4 is 22.9 Å². The number of ether oxygens (including phenoxy) is 1. The zero-order valence-electron chi connectivity index (χ0n) is 10.2. The molecule has 4 nitrogen and oxygen atoms in total. The van der Waals surface area contributed by atoms with Crippen LogP contribution in [-0.4, -0.2) is 35.6 Å². The van der Waals surface area contributed by atoms with Gasteiger partial charge in [0.1, 0.15) is 6.04 Å². The number of carbonyl (C=O) groups is 1. The summed E-state index contributed by atoms with van der Waals surface area (Å²) in [5.74, 6) is 0.851. The van der Waals surface area contributed by atoms with E-state index in [2.05, 4.69) is 17.2 Å². The fourth-order valence-corrected chi connectivity index (χ4v) is 2.51. The summed E-state index contributed by atoms with van der Waals surface area (Å²) in [7, 11) is 0. The number of nitrogens with one attached hydrogen (secondary N) is 1. The van der Waals surface area contributed by atoms with Gasteiger partial charge in [-0.15, -0.1) is 0 Å². The van der Waals surface area contributed by atoms with E-state index in [1.807, 2.05) is 6.92 Å². The third-order valence-electron chi connectivity index (χ3n) is 2.44. The maximum atomic E-state index is 11.4. The van der Waals surface area contributed by atoms with Gasteiger partial charge in [0.05, 0.1) is 12.6 Å². The van der Waals surface area contributed by atoms with Crippen molar-refractivity contribution in [2.24, 2.45) is 4.99 Å². The Hall–Kier alpha value is -0.710. The molecular formula is C11H20N2O2S. The number of nitrogens with zero attached hydrogens (tertiary/aromatic N) is 1. The lowest BCUT2D eigenvalue weighted by Crippen LogP contribution is -2.40. The second-order valence-corrected chi connectivity index (χ2v) is 4.84. The van der Waals surface area contributed by atoms with Gasteiger partial charge in [0.25, 0.3) is 0 Å². The summed E-state index contributed by atoms with van der Waals surface area (Å²) in [5, 5.41) is 3.98. The Morgan fingerprint density at radius 2 is 2.44 bits per heavy atom. The Kier molecular flexibility index (Phi) is 5.66. The molecule has 0 aromatic rings. The highest BCUT2D eigenvalue weighted by Gasteiger charge is 2.19. The predicted molar refractivity (Wildman–Crippen MR) is 67.8 cm³/mol. The fraction of sp³-hybridized carbons (Fsp3) is 0.818. The summed E-state index contributed by atoms with van der Waals surface area (Å²) in [6.45, 7) is 6.17. The van der Waals surface area contributed by atoms with E-state index in [0.717, 1.165) is 23.8 Å². The number of hydrogen-bond acceptors (Lipinski definition) is 5. The number of amidine groups is 1. The molecule has 0 fully saturated rings. The van der Waals surface area contributed by atoms with Crippen LogP contribution in [0.5, 0.6) is 0 Å². The monoisotopic (exact) mass is 244 g/mol. The molecule has 0 radical (unpaired) electrons. The molecule has 0 spiro atoms. The van der Waals surface area contributed by atoms with E-state index in [-0.39, 0.29) is 12.0 Å². The average Bonchev–Trinajstić information content (AvgIpc) is 2.29. The number of carbonyl (C=O) groups excluding carboxylic acids is 1. The Balaban J connectivity index is 2.46. The molecule has 0 amide bonds. The molecule has 0 aromatic heterocycles. The van der Waals surface area contributed by atoms with Crippen molar-refractivity contribution < 1.29 is 9.53 Å². The summed E-state index contributed by atoms with van der Waals surface area (Å²) < 4.78 is 4.93. The topological polar surface area (TPSA) is 50.7 Å². The van der Waals surface area contributed by atoms with Crippen molar-refractivity contribution in [3.8, 4) is 0 Å². The first kappa shape index (κ1) is 13.4. The quantitative estimate of drug-likeness (QED) is 0.766. The third-order valence-corrected chi connectivity index (χ3v) is 3.38. The van der Waals surface area contributed by atoms with Gasteiger partial charge in [-0.2, -0.15) is 0 Å². The fourth-order valence-electron chi connectivity index (χ4n) is 1.45. The van der Waals surface area contributed by atoms with Crippen LogP contribution in [0.25, 0.3) is 0 Å². The van der Waals surface area contributed by atoms with Crippen molar-refractivity contribution in [2.45, 2.75) is 45.7 Å². The summed E-state index contributed by atoms with van der Waals surface area (Å²) in [6, 6.07) is 0.0833. The molecule has 92 valence electrons. The SMILES string of the molecule is CCOC(=O)C(C)NC1=NC(CC)CCS1. The Morgan fingerprint density at radius 1 is 1.69 bits per heavy atom. The highest BCUT2D eigenvalue weighted by Crippen LogP contribution is 2.18. The molecule has 0 bridgehead atoms. The zero-order chi connectivity index (χ0) is 12.0. The molecular weight excluding hydrogens is 224 g/mol. The lowest BCUT2D eigenvalue weighted by molar-refractivity contribution is -0.144. The summed E-state index contributed by atoms with van der Waals surface area (Å²) in [6.07, 6.45) is 2.18. The minimum absolute atomic E-state index is 0.218. The highest BCUT2D eigenvalue weighted by molar-refractivity contribution is 8.13. The van der Waals surface area contributed by atoms with Gasteiger partial charge in [0, 0.05) is 5.75 Å². The van der Waals surface area contributed by atoms with Crippen molar-refractivity contribution in [1.82, 2.24) is 5.32 Å². The van der Waals surface area contributed by atoms with Gasteiger partial charge in [-0.1, -0.05) is 18.7 Å². The first-order valence-corrected chi connectivity index (χ1v) is 6.79. The van der Waals surface area contributed by atoms with E-state index in [9.17, 15) is 4.79 Å². The highest BCUT2D eigenvalue weighted by atomic mass is 32.2. The normalized spacial score (nSPS) is 22.2. The van der Waals surface area contributed by atoms with Gasteiger partial charge in [0.2, 0.25) is 0 Å². The molecule has 1 rings (SSSR count). The minimum Gasteiger partial charge on any atom is -0.464 e. The molecule has 0 aliphatic carbocycles. The first-order valence-electron chi connectivity index (χ1n) is 5.81. The van der Waals surface area contributed by atoms with Crippen molar-refractivity contribution in [3.63, 3.8) is 0 Å². The predicted octanol–water partition coefficient (Wildman–Crippen LogP) is 1.80. The lowest BCUT2D eigenvalue weighted by atomic mass is 10.2. The Morgan fingerprint density at radius 3 is 3.06 bits per heavy atom. The number of hydrogen-bond donors (Lipinski definition) is 1. The van der Waals surface area contributed by atoms with Gasteiger partial charge in [-0.05, 0) is 26.7 Å². The van der Waals surface area contributed by atoms with Crippen molar-refractivity contribution in [2.75, 3.05) is 12.4 Å². The molecule has 1 aliphatic heterocycles. The van der Waals surface area contributed by atoms with Crippen LogP contribution in [0.3, 0.4) is 0 Å². The third kappa shape index (κ3) is 4.04. The van der Waals surface area contributed by atoms with Crippen LogP contribution in [0.4, 0.5) is 0 Å². The van der Waals surface area contributed by atoms with Gasteiger partial charge in [0.15, 0.2) is 5.17 Å². The molecule has 1 aliphatic rings. The van der Waals surface area contributed by atoms with E-state index in [1.54, 1.807) is 18.7 Å². The second-order valence-electron chi connectivity index (χ2n) is 3.75. The Labute approximate surface area is 101 Å². The van der Waals surface area contributed by atoms with Crippen LogP contribution in [-0.2, 0) is 9.53 Å². The van der Waals surface area contributed by atoms with Gasteiger partial charge in [-0.25, -0.2) is 4.79 Å². The smallest absolute Gasteiger partial charge is 0.328 e. The van der Waals surface area contributed by atoms with Crippen molar-refractivity contribution in [1.29, 1.82) is 0 Å². The van der Waals surface area contributed by atoms with Gasteiger partial charge < -0.3 is 10.1 Å². The molecule has 2 unspecified atom stereocenters. The molecule has 0 saturated heterocycles. The van der Waals surface area contributed by atoms with Gasteiger partial charge in [-0.3, -0.25) is 4.99 Å². The van der Waals surface area contributed by atoms with E-state index < -0.39 is 0 Å². The van der Waals surface area contributed by atoms with E-state index in [4.69, 9.17) is 4.74 Å². The Bertz CT molecular complexity index is 269. The first-order chi connectivity index (χ1) is 7.67. The lowest BCUT2D eigenvalue weighted by Gasteiger charge is -2.21. The van der Waals surface area contributed by atoms with Crippen LogP contribution in [0.2, 0.25) is 0 Å². The number of thioether (sulfide) groups is 1. The van der Waals surface area contributed by atoms with Crippen LogP contribution >= 0.6 is 11.8 Å². The molecule has 1 N–H and O–H groups in total. The maximum Gasteiger partial charge on any atom is 0.328 e. The number of rotatable bonds is 4. The number of aliphatic imine (C=N–C) groups is 1. The number of esters is 1. The molecule has 0 saturated carbocycles. The minimum atomic E-state index is -0.318. The summed E-state index contributed by atoms with van der Waals surface area (Å²) in [4.78, 5) is 16.0. The zero-order valence-corrected chi connectivity index (χ0v) is 11.0. The standard InChI is InChI=1S/C11H20N2O2S/c1-4-9-6-7-16-11(13-9)12-8(3)10(14)15-5-2/h8-9H,4-7H2,1-3H3,(H,12,13). The van der Waals surface area contributed by atoms with Crippen LogP contribution in [0.1, 0.15) is 33.6 Å². The van der Waals surface area contributed by atoms with Crippen molar-refractivity contribution in [3.05, 3.63) is 0 Å². The van der Waals surface area contributed by atoms with Gasteiger partial charge >= 0.3 is 5.97 Å². The van der Waals surface area contributed by atoms with E-state index >= 15 is 0 Å². The maximum absolute atomic E-state index is 11.4. The molecule has 16 heavy (non-hydrogen) atoms. The van der Waals surface area contributed by atoms with Crippen LogP contribution < -0.4 is 5.32 Å².